The molecule has 0 N–H and O–H groups in total. The monoisotopic (exact) mass is 425 g/mol. The van der Waals surface area contributed by atoms with Crippen molar-refractivity contribution in [2.24, 2.45) is 0 Å². The van der Waals surface area contributed by atoms with Gasteiger partial charge >= 0.3 is 0 Å². The molecule has 1 aromatic heterocycles. The molecule has 0 unspecified atom stereocenters. The Morgan fingerprint density at radius 1 is 1.19 bits per heavy atom. The highest BCUT2D eigenvalue weighted by Crippen LogP contribution is 2.30. The number of likely N-dealkylation sites (N-methyl/N-ethyl adjacent to an activating group) is 1. The Labute approximate surface area is 183 Å². The van der Waals surface area contributed by atoms with Gasteiger partial charge in [-0.25, -0.2) is 9.97 Å². The van der Waals surface area contributed by atoms with E-state index >= 15 is 0 Å². The predicted molar refractivity (Wildman–Crippen MR) is 118 cm³/mol. The van der Waals surface area contributed by atoms with Gasteiger partial charge in [0.1, 0.15) is 5.75 Å². The van der Waals surface area contributed by atoms with Gasteiger partial charge in [0.05, 0.1) is 31.0 Å². The summed E-state index contributed by atoms with van der Waals surface area (Å²) in [5, 5.41) is 0. The Kier molecular flexibility index (Phi) is 7.22. The van der Waals surface area contributed by atoms with E-state index in [2.05, 4.69) is 9.97 Å². The summed E-state index contributed by atoms with van der Waals surface area (Å²) in [6.45, 7) is 3.50. The molecule has 166 valence electrons. The maximum atomic E-state index is 13.0. The van der Waals surface area contributed by atoms with E-state index in [0.29, 0.717) is 36.7 Å². The quantitative estimate of drug-likeness (QED) is 0.677. The number of amides is 2. The third-order valence-electron chi connectivity index (χ3n) is 5.52. The van der Waals surface area contributed by atoms with Gasteiger partial charge in [0, 0.05) is 33.4 Å². The molecule has 1 atom stereocenters. The van der Waals surface area contributed by atoms with E-state index in [1.54, 1.807) is 27.4 Å². The second-order valence-electron chi connectivity index (χ2n) is 8.19. The fourth-order valence-corrected chi connectivity index (χ4v) is 3.85. The minimum absolute atomic E-state index is 0.0632. The average molecular weight is 426 g/mol. The van der Waals surface area contributed by atoms with E-state index in [9.17, 15) is 9.59 Å². The van der Waals surface area contributed by atoms with Gasteiger partial charge in [0.25, 0.3) is 5.91 Å². The van der Waals surface area contributed by atoms with Crippen LogP contribution in [0.15, 0.2) is 30.5 Å². The second-order valence-corrected chi connectivity index (χ2v) is 8.19. The van der Waals surface area contributed by atoms with Gasteiger partial charge < -0.3 is 14.5 Å². The number of methoxy groups -OCH3 is 1. The lowest BCUT2D eigenvalue weighted by Crippen LogP contribution is -2.39. The van der Waals surface area contributed by atoms with Crippen LogP contribution in [-0.2, 0) is 11.3 Å². The van der Waals surface area contributed by atoms with Crippen LogP contribution in [0.2, 0.25) is 0 Å². The molecule has 0 bridgehead atoms. The highest BCUT2D eigenvalue weighted by molar-refractivity contribution is 5.94. The third kappa shape index (κ3) is 5.38. The van der Waals surface area contributed by atoms with Gasteiger partial charge in [-0.2, -0.15) is 0 Å². The lowest BCUT2D eigenvalue weighted by atomic mass is 10.1. The molecule has 0 aliphatic carbocycles. The van der Waals surface area contributed by atoms with Crippen molar-refractivity contribution in [1.82, 2.24) is 24.7 Å². The molecular formula is C23H31N5O3. The zero-order valence-corrected chi connectivity index (χ0v) is 19.0. The molecule has 0 radical (unpaired) electrons. The Hall–Kier alpha value is -3.00. The molecule has 1 fully saturated rings. The van der Waals surface area contributed by atoms with Gasteiger partial charge in [-0.3, -0.25) is 14.5 Å². The maximum absolute atomic E-state index is 13.0. The number of rotatable bonds is 7. The molecule has 8 nitrogen and oxygen atoms in total. The lowest BCUT2D eigenvalue weighted by Gasteiger charge is -2.26. The van der Waals surface area contributed by atoms with E-state index in [-0.39, 0.29) is 17.9 Å². The van der Waals surface area contributed by atoms with Crippen LogP contribution >= 0.6 is 0 Å². The zero-order chi connectivity index (χ0) is 22.5. The number of hydrogen-bond acceptors (Lipinski definition) is 6. The number of benzene rings is 1. The molecular weight excluding hydrogens is 394 g/mol. The molecule has 2 aromatic rings. The topological polar surface area (TPSA) is 78.9 Å². The summed E-state index contributed by atoms with van der Waals surface area (Å²) in [6.07, 6.45) is 3.32. The van der Waals surface area contributed by atoms with Crippen molar-refractivity contribution >= 4 is 11.8 Å². The molecule has 31 heavy (non-hydrogen) atoms. The van der Waals surface area contributed by atoms with Crippen LogP contribution in [0.3, 0.4) is 0 Å². The van der Waals surface area contributed by atoms with Crippen LogP contribution < -0.4 is 4.74 Å². The zero-order valence-electron chi connectivity index (χ0n) is 19.0. The first kappa shape index (κ1) is 22.7. The van der Waals surface area contributed by atoms with E-state index in [1.165, 1.54) is 4.90 Å². The molecule has 8 heteroatoms. The first-order chi connectivity index (χ1) is 14.8. The molecule has 1 aliphatic heterocycles. The summed E-state index contributed by atoms with van der Waals surface area (Å²) in [6, 6.07) is 7.71. The number of hydrogen-bond donors (Lipinski definition) is 0. The van der Waals surface area contributed by atoms with Crippen LogP contribution in [-0.4, -0.2) is 77.8 Å². The molecule has 1 saturated heterocycles. The number of likely N-dealkylation sites (tertiary alicyclic amines) is 1. The van der Waals surface area contributed by atoms with E-state index in [4.69, 9.17) is 4.74 Å². The number of aromatic nitrogens is 2. The normalized spacial score (nSPS) is 15.9. The van der Waals surface area contributed by atoms with Crippen LogP contribution in [0.4, 0.5) is 0 Å². The summed E-state index contributed by atoms with van der Waals surface area (Å²) in [7, 11) is 6.99. The Morgan fingerprint density at radius 3 is 2.52 bits per heavy atom. The summed E-state index contributed by atoms with van der Waals surface area (Å²) in [5.74, 6) is 1.37. The average Bonchev–Trinajstić information content (AvgIpc) is 3.23. The number of carbonyl (C=O) groups is 2. The predicted octanol–water partition coefficient (Wildman–Crippen LogP) is 2.29. The van der Waals surface area contributed by atoms with E-state index in [0.717, 1.165) is 24.2 Å². The van der Waals surface area contributed by atoms with Gasteiger partial charge in [-0.15, -0.1) is 0 Å². The minimum atomic E-state index is -0.149. The highest BCUT2D eigenvalue weighted by atomic mass is 16.5. The Morgan fingerprint density at radius 2 is 1.90 bits per heavy atom. The van der Waals surface area contributed by atoms with Crippen LogP contribution in [0, 0.1) is 6.92 Å². The van der Waals surface area contributed by atoms with Gasteiger partial charge in [-0.1, -0.05) is 12.1 Å². The van der Waals surface area contributed by atoms with Crippen molar-refractivity contribution in [1.29, 1.82) is 0 Å². The van der Waals surface area contributed by atoms with Crippen molar-refractivity contribution in [3.8, 4) is 5.75 Å². The Bertz CT molecular complexity index is 929. The molecule has 0 spiro atoms. The van der Waals surface area contributed by atoms with Crippen molar-refractivity contribution < 1.29 is 14.3 Å². The summed E-state index contributed by atoms with van der Waals surface area (Å²) in [4.78, 5) is 39.7. The van der Waals surface area contributed by atoms with Crippen molar-refractivity contribution in [2.75, 3.05) is 41.3 Å². The van der Waals surface area contributed by atoms with E-state index in [1.807, 2.05) is 48.0 Å². The smallest absolute Gasteiger partial charge is 0.256 e. The molecule has 1 aromatic carbocycles. The maximum Gasteiger partial charge on any atom is 0.256 e. The van der Waals surface area contributed by atoms with Crippen LogP contribution in [0.25, 0.3) is 0 Å². The standard InChI is InChI=1S/C23H31N5O3/c1-16-19(23(30)26(2)3)13-24-22(25-16)20-7-6-12-28(20)21(29)15-27(4)14-17-8-10-18(31-5)11-9-17/h8-11,13,20H,6-7,12,14-15H2,1-5H3/t20-/m1/s1. The number of ether oxygens (including phenoxy) is 1. The molecule has 3 rings (SSSR count). The summed E-state index contributed by atoms with van der Waals surface area (Å²) in [5.41, 5.74) is 2.25. The third-order valence-corrected chi connectivity index (χ3v) is 5.52. The summed E-state index contributed by atoms with van der Waals surface area (Å²) >= 11 is 0. The Balaban J connectivity index is 1.65. The van der Waals surface area contributed by atoms with E-state index < -0.39 is 0 Å². The van der Waals surface area contributed by atoms with Crippen molar-refractivity contribution in [2.45, 2.75) is 32.4 Å². The first-order valence-electron chi connectivity index (χ1n) is 10.5. The summed E-state index contributed by atoms with van der Waals surface area (Å²) < 4.78 is 5.19. The number of carbonyl (C=O) groups excluding carboxylic acids is 2. The molecule has 1 aliphatic rings. The number of nitrogens with zero attached hydrogens (tertiary/aromatic N) is 5. The van der Waals surface area contributed by atoms with Gasteiger partial charge in [-0.05, 0) is 44.5 Å². The molecule has 2 amide bonds. The SMILES string of the molecule is COc1ccc(CN(C)CC(=O)N2CCC[C@@H]2c2ncc(C(=O)N(C)C)c(C)n2)cc1. The number of aryl methyl sites for hydroxylation is 1. The fraction of sp³-hybridized carbons (Fsp3) is 0.478. The van der Waals surface area contributed by atoms with Crippen molar-refractivity contribution in [3.05, 3.63) is 53.1 Å². The first-order valence-corrected chi connectivity index (χ1v) is 10.5. The highest BCUT2D eigenvalue weighted by Gasteiger charge is 2.32. The van der Waals surface area contributed by atoms with Gasteiger partial charge in [0.2, 0.25) is 5.91 Å². The molecule has 0 saturated carbocycles. The van der Waals surface area contributed by atoms with Crippen LogP contribution in [0.1, 0.15) is 46.3 Å². The lowest BCUT2D eigenvalue weighted by molar-refractivity contribution is -0.133. The second kappa shape index (κ2) is 9.87. The fourth-order valence-electron chi connectivity index (χ4n) is 3.85. The largest absolute Gasteiger partial charge is 0.497 e. The molecule has 2 heterocycles. The van der Waals surface area contributed by atoms with Crippen LogP contribution in [0.5, 0.6) is 5.75 Å². The minimum Gasteiger partial charge on any atom is -0.497 e. The van der Waals surface area contributed by atoms with Crippen molar-refractivity contribution in [3.63, 3.8) is 0 Å². The van der Waals surface area contributed by atoms with Gasteiger partial charge in [0.15, 0.2) is 5.82 Å².